The van der Waals surface area contributed by atoms with Gasteiger partial charge in [-0.05, 0) is 25.7 Å². The summed E-state index contributed by atoms with van der Waals surface area (Å²) < 4.78 is 0. The van der Waals surface area contributed by atoms with Gasteiger partial charge in [-0.25, -0.2) is 0 Å². The minimum absolute atomic E-state index is 0.00523. The lowest BCUT2D eigenvalue weighted by atomic mass is 9.79. The van der Waals surface area contributed by atoms with E-state index in [1.165, 1.54) is 0 Å². The van der Waals surface area contributed by atoms with Crippen LogP contribution in [-0.4, -0.2) is 30.2 Å². The van der Waals surface area contributed by atoms with Gasteiger partial charge in [0.2, 0.25) is 5.91 Å². The maximum atomic E-state index is 12.1. The largest absolute Gasteiger partial charge is 0.342 e. The van der Waals surface area contributed by atoms with E-state index in [2.05, 4.69) is 0 Å². The maximum absolute atomic E-state index is 12.1. The van der Waals surface area contributed by atoms with E-state index in [-0.39, 0.29) is 17.7 Å². The maximum Gasteiger partial charge on any atom is 0.226 e. The van der Waals surface area contributed by atoms with E-state index in [0.717, 1.165) is 57.9 Å². The Hall–Kier alpha value is -0.860. The Kier molecular flexibility index (Phi) is 3.39. The highest BCUT2D eigenvalue weighted by Crippen LogP contribution is 2.30. The minimum atomic E-state index is -0.00755. The number of carbonyl (C=O) groups is 2. The average Bonchev–Trinajstić information content (AvgIpc) is 2.81. The number of carbonyl (C=O) groups excluding carboxylic acids is 2. The first-order valence-corrected chi connectivity index (χ1v) is 6.07. The third kappa shape index (κ3) is 2.21. The van der Waals surface area contributed by atoms with E-state index in [9.17, 15) is 9.59 Å². The molecule has 0 aromatic heterocycles. The number of likely N-dealkylation sites (tertiary alicyclic amines) is 1. The summed E-state index contributed by atoms with van der Waals surface area (Å²) in [6.07, 6.45) is 7.29. The third-order valence-corrected chi connectivity index (χ3v) is 3.73. The highest BCUT2D eigenvalue weighted by molar-refractivity contribution is 5.82. The first-order chi connectivity index (χ1) is 7.33. The van der Waals surface area contributed by atoms with Gasteiger partial charge in [0.15, 0.2) is 0 Å². The molecular formula is C12H19NO2. The van der Waals surface area contributed by atoms with Gasteiger partial charge in [0, 0.05) is 24.9 Å². The van der Waals surface area contributed by atoms with Crippen LogP contribution in [0.4, 0.5) is 0 Å². The highest BCUT2D eigenvalue weighted by Gasteiger charge is 2.34. The van der Waals surface area contributed by atoms with Gasteiger partial charge in [0.05, 0.1) is 0 Å². The van der Waals surface area contributed by atoms with Crippen LogP contribution in [0, 0.1) is 11.8 Å². The number of hydrogen-bond acceptors (Lipinski definition) is 2. The van der Waals surface area contributed by atoms with Crippen LogP contribution in [0.3, 0.4) is 0 Å². The second-order valence-corrected chi connectivity index (χ2v) is 4.72. The van der Waals surface area contributed by atoms with Gasteiger partial charge in [0.1, 0.15) is 6.29 Å². The van der Waals surface area contributed by atoms with E-state index >= 15 is 0 Å². The molecule has 0 N–H and O–H groups in total. The number of nitrogens with zero attached hydrogens (tertiary/aromatic N) is 1. The third-order valence-electron chi connectivity index (χ3n) is 3.73. The van der Waals surface area contributed by atoms with Crippen molar-refractivity contribution in [2.75, 3.05) is 13.1 Å². The van der Waals surface area contributed by atoms with Crippen molar-refractivity contribution in [3.63, 3.8) is 0 Å². The topological polar surface area (TPSA) is 37.4 Å². The normalized spacial score (nSPS) is 31.6. The Bertz CT molecular complexity index is 246. The molecule has 0 bridgehead atoms. The number of rotatable bonds is 2. The van der Waals surface area contributed by atoms with Crippen LogP contribution in [0.2, 0.25) is 0 Å². The molecule has 0 spiro atoms. The smallest absolute Gasteiger partial charge is 0.226 e. The van der Waals surface area contributed by atoms with Crippen molar-refractivity contribution in [3.05, 3.63) is 0 Å². The van der Waals surface area contributed by atoms with E-state index in [0.29, 0.717) is 0 Å². The summed E-state index contributed by atoms with van der Waals surface area (Å²) in [5.41, 5.74) is 0. The zero-order valence-electron chi connectivity index (χ0n) is 9.15. The van der Waals surface area contributed by atoms with E-state index in [1.807, 2.05) is 4.90 Å². The number of amides is 1. The number of aldehydes is 1. The molecule has 3 heteroatoms. The Balaban J connectivity index is 1.99. The molecule has 0 aromatic carbocycles. The van der Waals surface area contributed by atoms with Crippen molar-refractivity contribution in [2.45, 2.75) is 38.5 Å². The van der Waals surface area contributed by atoms with Crippen LogP contribution in [0.15, 0.2) is 0 Å². The second-order valence-electron chi connectivity index (χ2n) is 4.72. The van der Waals surface area contributed by atoms with Gasteiger partial charge >= 0.3 is 0 Å². The molecule has 1 saturated carbocycles. The quantitative estimate of drug-likeness (QED) is 0.648. The van der Waals surface area contributed by atoms with E-state index in [4.69, 9.17) is 0 Å². The molecule has 84 valence electrons. The second kappa shape index (κ2) is 4.77. The summed E-state index contributed by atoms with van der Waals surface area (Å²) in [6, 6.07) is 0. The average molecular weight is 209 g/mol. The predicted octanol–water partition coefficient (Wildman–Crippen LogP) is 1.61. The monoisotopic (exact) mass is 209 g/mol. The summed E-state index contributed by atoms with van der Waals surface area (Å²) >= 11 is 0. The Morgan fingerprint density at radius 3 is 2.40 bits per heavy atom. The Morgan fingerprint density at radius 2 is 1.73 bits per heavy atom. The summed E-state index contributed by atoms with van der Waals surface area (Å²) in [5, 5.41) is 0. The van der Waals surface area contributed by atoms with Crippen LogP contribution in [0.25, 0.3) is 0 Å². The standard InChI is InChI=1S/C12H19NO2/c14-9-10-5-1-2-6-11(10)12(15)13-7-3-4-8-13/h9-11H,1-8H2. The zero-order chi connectivity index (χ0) is 10.7. The van der Waals surface area contributed by atoms with Crippen LogP contribution >= 0.6 is 0 Å². The van der Waals surface area contributed by atoms with Gasteiger partial charge in [0.25, 0.3) is 0 Å². The molecule has 1 aliphatic heterocycles. The van der Waals surface area contributed by atoms with Crippen molar-refractivity contribution in [3.8, 4) is 0 Å². The molecule has 1 heterocycles. The lowest BCUT2D eigenvalue weighted by Gasteiger charge is -2.30. The Morgan fingerprint density at radius 1 is 1.07 bits per heavy atom. The van der Waals surface area contributed by atoms with Gasteiger partial charge in [-0.3, -0.25) is 4.79 Å². The molecule has 3 nitrogen and oxygen atoms in total. The molecule has 0 aromatic rings. The van der Waals surface area contributed by atoms with E-state index in [1.54, 1.807) is 0 Å². The SMILES string of the molecule is O=CC1CCCCC1C(=O)N1CCCC1. The molecule has 1 saturated heterocycles. The molecule has 15 heavy (non-hydrogen) atoms. The minimum Gasteiger partial charge on any atom is -0.342 e. The molecule has 2 unspecified atom stereocenters. The summed E-state index contributed by atoms with van der Waals surface area (Å²) in [6.45, 7) is 1.81. The molecule has 2 fully saturated rings. The predicted molar refractivity (Wildman–Crippen MR) is 57.3 cm³/mol. The van der Waals surface area contributed by atoms with Crippen molar-refractivity contribution in [2.24, 2.45) is 11.8 Å². The molecule has 1 amide bonds. The summed E-state index contributed by atoms with van der Waals surface area (Å²) in [7, 11) is 0. The fraction of sp³-hybridized carbons (Fsp3) is 0.833. The molecule has 2 rings (SSSR count). The van der Waals surface area contributed by atoms with Gasteiger partial charge in [-0.2, -0.15) is 0 Å². The molecule has 2 aliphatic rings. The van der Waals surface area contributed by atoms with Crippen LogP contribution in [0.5, 0.6) is 0 Å². The lowest BCUT2D eigenvalue weighted by Crippen LogP contribution is -2.39. The summed E-state index contributed by atoms with van der Waals surface area (Å²) in [4.78, 5) is 25.0. The summed E-state index contributed by atoms with van der Waals surface area (Å²) in [5.74, 6) is 0.227. The lowest BCUT2D eigenvalue weighted by molar-refractivity contribution is -0.139. The van der Waals surface area contributed by atoms with Gasteiger partial charge in [-0.15, -0.1) is 0 Å². The van der Waals surface area contributed by atoms with Gasteiger partial charge < -0.3 is 9.69 Å². The highest BCUT2D eigenvalue weighted by atomic mass is 16.2. The Labute approximate surface area is 90.8 Å². The van der Waals surface area contributed by atoms with Crippen LogP contribution < -0.4 is 0 Å². The van der Waals surface area contributed by atoms with Crippen LogP contribution in [0.1, 0.15) is 38.5 Å². The fourth-order valence-corrected chi connectivity index (χ4v) is 2.80. The van der Waals surface area contributed by atoms with Crippen molar-refractivity contribution in [1.29, 1.82) is 0 Å². The molecule has 1 aliphatic carbocycles. The first kappa shape index (κ1) is 10.7. The van der Waals surface area contributed by atoms with Crippen molar-refractivity contribution in [1.82, 2.24) is 4.90 Å². The molecule has 2 atom stereocenters. The van der Waals surface area contributed by atoms with Crippen molar-refractivity contribution < 1.29 is 9.59 Å². The number of hydrogen-bond donors (Lipinski definition) is 0. The fourth-order valence-electron chi connectivity index (χ4n) is 2.80. The zero-order valence-corrected chi connectivity index (χ0v) is 9.15. The molecular weight excluding hydrogens is 190 g/mol. The van der Waals surface area contributed by atoms with Crippen molar-refractivity contribution >= 4 is 12.2 Å². The van der Waals surface area contributed by atoms with Crippen LogP contribution in [-0.2, 0) is 9.59 Å². The molecule has 0 radical (unpaired) electrons. The van der Waals surface area contributed by atoms with Gasteiger partial charge in [-0.1, -0.05) is 12.8 Å². The first-order valence-electron chi connectivity index (χ1n) is 6.07. The van der Waals surface area contributed by atoms with E-state index < -0.39 is 0 Å².